The topological polar surface area (TPSA) is 63.8 Å². The van der Waals surface area contributed by atoms with Gasteiger partial charge < -0.3 is 11.1 Å². The van der Waals surface area contributed by atoms with Gasteiger partial charge in [-0.05, 0) is 25.8 Å². The van der Waals surface area contributed by atoms with Crippen molar-refractivity contribution in [3.05, 3.63) is 17.6 Å². The predicted molar refractivity (Wildman–Crippen MR) is 62.8 cm³/mol. The van der Waals surface area contributed by atoms with E-state index in [9.17, 15) is 0 Å². The molecular formula is C11H20N4. The number of aromatic nitrogens is 2. The highest BCUT2D eigenvalue weighted by molar-refractivity contribution is 5.33. The van der Waals surface area contributed by atoms with Crippen molar-refractivity contribution in [1.82, 2.24) is 9.97 Å². The first-order chi connectivity index (χ1) is 6.94. The molecule has 0 fully saturated rings. The summed E-state index contributed by atoms with van der Waals surface area (Å²) in [4.78, 5) is 8.64. The molecule has 0 aliphatic rings. The van der Waals surface area contributed by atoms with Crippen molar-refractivity contribution in [1.29, 1.82) is 0 Å². The Kier molecular flexibility index (Phi) is 3.63. The van der Waals surface area contributed by atoms with Gasteiger partial charge in [0.05, 0.1) is 17.6 Å². The summed E-state index contributed by atoms with van der Waals surface area (Å²) in [5.41, 5.74) is 7.67. The SMILES string of the molecule is Cc1ncc(NCC(C)(C)CN)nc1C. The van der Waals surface area contributed by atoms with Crippen LogP contribution in [0.25, 0.3) is 0 Å². The number of aryl methyl sites for hydroxylation is 2. The van der Waals surface area contributed by atoms with E-state index in [0.29, 0.717) is 6.54 Å². The number of rotatable bonds is 4. The summed E-state index contributed by atoms with van der Waals surface area (Å²) in [7, 11) is 0. The molecule has 0 bridgehead atoms. The van der Waals surface area contributed by atoms with Crippen molar-refractivity contribution in [2.24, 2.45) is 11.1 Å². The van der Waals surface area contributed by atoms with Crippen LogP contribution in [-0.2, 0) is 0 Å². The Bertz CT molecular complexity index is 333. The van der Waals surface area contributed by atoms with Crippen LogP contribution >= 0.6 is 0 Å². The molecule has 0 radical (unpaired) electrons. The van der Waals surface area contributed by atoms with Gasteiger partial charge >= 0.3 is 0 Å². The van der Waals surface area contributed by atoms with Gasteiger partial charge in [0.25, 0.3) is 0 Å². The van der Waals surface area contributed by atoms with Crippen LogP contribution in [0.3, 0.4) is 0 Å². The van der Waals surface area contributed by atoms with Gasteiger partial charge in [0.1, 0.15) is 5.82 Å². The van der Waals surface area contributed by atoms with Crippen molar-refractivity contribution >= 4 is 5.82 Å². The number of nitrogens with two attached hydrogens (primary N) is 1. The Morgan fingerprint density at radius 2 is 2.00 bits per heavy atom. The molecule has 3 N–H and O–H groups in total. The summed E-state index contributed by atoms with van der Waals surface area (Å²) < 4.78 is 0. The molecule has 0 atom stereocenters. The summed E-state index contributed by atoms with van der Waals surface area (Å²) in [5, 5.41) is 3.25. The number of nitrogens with zero attached hydrogens (tertiary/aromatic N) is 2. The van der Waals surface area contributed by atoms with Crippen LogP contribution in [0.2, 0.25) is 0 Å². The summed E-state index contributed by atoms with van der Waals surface area (Å²) in [6, 6.07) is 0. The van der Waals surface area contributed by atoms with E-state index in [1.165, 1.54) is 0 Å². The maximum atomic E-state index is 5.65. The maximum absolute atomic E-state index is 5.65. The van der Waals surface area contributed by atoms with E-state index in [0.717, 1.165) is 23.8 Å². The number of hydrogen-bond donors (Lipinski definition) is 2. The predicted octanol–water partition coefficient (Wildman–Crippen LogP) is 1.49. The third-order valence-electron chi connectivity index (χ3n) is 2.49. The van der Waals surface area contributed by atoms with Crippen LogP contribution in [0.5, 0.6) is 0 Å². The third-order valence-corrected chi connectivity index (χ3v) is 2.49. The summed E-state index contributed by atoms with van der Waals surface area (Å²) in [6.45, 7) is 9.61. The lowest BCUT2D eigenvalue weighted by molar-refractivity contribution is 0.405. The highest BCUT2D eigenvalue weighted by Crippen LogP contribution is 2.14. The number of nitrogens with one attached hydrogen (secondary N) is 1. The number of anilines is 1. The molecule has 0 unspecified atom stereocenters. The molecule has 0 aromatic carbocycles. The zero-order valence-electron chi connectivity index (χ0n) is 9.96. The lowest BCUT2D eigenvalue weighted by atomic mass is 9.94. The van der Waals surface area contributed by atoms with Crippen molar-refractivity contribution in [2.45, 2.75) is 27.7 Å². The molecule has 15 heavy (non-hydrogen) atoms. The van der Waals surface area contributed by atoms with E-state index < -0.39 is 0 Å². The van der Waals surface area contributed by atoms with Crippen LogP contribution in [0, 0.1) is 19.3 Å². The van der Waals surface area contributed by atoms with Gasteiger partial charge in [0, 0.05) is 6.54 Å². The zero-order valence-corrected chi connectivity index (χ0v) is 9.96. The van der Waals surface area contributed by atoms with Gasteiger partial charge in [0.15, 0.2) is 0 Å². The summed E-state index contributed by atoms with van der Waals surface area (Å²) >= 11 is 0. The van der Waals surface area contributed by atoms with Gasteiger partial charge in [-0.1, -0.05) is 13.8 Å². The minimum atomic E-state index is 0.0838. The minimum absolute atomic E-state index is 0.0838. The molecule has 4 heteroatoms. The van der Waals surface area contributed by atoms with Crippen LogP contribution in [-0.4, -0.2) is 23.1 Å². The zero-order chi connectivity index (χ0) is 11.5. The lowest BCUT2D eigenvalue weighted by Gasteiger charge is -2.22. The Balaban J connectivity index is 2.62. The fourth-order valence-corrected chi connectivity index (χ4v) is 1.03. The molecule has 0 aliphatic carbocycles. The second-order valence-electron chi connectivity index (χ2n) is 4.65. The fourth-order valence-electron chi connectivity index (χ4n) is 1.03. The van der Waals surface area contributed by atoms with E-state index in [4.69, 9.17) is 5.73 Å². The molecule has 84 valence electrons. The standard InChI is InChI=1S/C11H20N4/c1-8-9(2)15-10(5-13-8)14-7-11(3,4)6-12/h5H,6-7,12H2,1-4H3,(H,14,15). The first kappa shape index (κ1) is 11.9. The average Bonchev–Trinajstić information content (AvgIpc) is 2.20. The van der Waals surface area contributed by atoms with Crippen LogP contribution < -0.4 is 11.1 Å². The van der Waals surface area contributed by atoms with Gasteiger partial charge in [-0.3, -0.25) is 4.98 Å². The van der Waals surface area contributed by atoms with Gasteiger partial charge in [-0.25, -0.2) is 4.98 Å². The van der Waals surface area contributed by atoms with Crippen molar-refractivity contribution in [3.63, 3.8) is 0 Å². The van der Waals surface area contributed by atoms with E-state index in [2.05, 4.69) is 29.1 Å². The largest absolute Gasteiger partial charge is 0.368 e. The van der Waals surface area contributed by atoms with Crippen LogP contribution in [0.15, 0.2) is 6.20 Å². The quantitative estimate of drug-likeness (QED) is 0.787. The monoisotopic (exact) mass is 208 g/mol. The molecular weight excluding hydrogens is 188 g/mol. The van der Waals surface area contributed by atoms with Crippen molar-refractivity contribution < 1.29 is 0 Å². The van der Waals surface area contributed by atoms with Crippen LogP contribution in [0.1, 0.15) is 25.2 Å². The number of hydrogen-bond acceptors (Lipinski definition) is 4. The third kappa shape index (κ3) is 3.47. The molecule has 1 heterocycles. The van der Waals surface area contributed by atoms with Gasteiger partial charge in [-0.15, -0.1) is 0 Å². The second-order valence-corrected chi connectivity index (χ2v) is 4.65. The Morgan fingerprint density at radius 1 is 1.33 bits per heavy atom. The van der Waals surface area contributed by atoms with Crippen molar-refractivity contribution in [3.8, 4) is 0 Å². The summed E-state index contributed by atoms with van der Waals surface area (Å²) in [5.74, 6) is 0.819. The van der Waals surface area contributed by atoms with E-state index in [1.54, 1.807) is 6.20 Å². The Morgan fingerprint density at radius 3 is 2.53 bits per heavy atom. The van der Waals surface area contributed by atoms with Crippen molar-refractivity contribution in [2.75, 3.05) is 18.4 Å². The molecule has 1 aromatic rings. The summed E-state index contributed by atoms with van der Waals surface area (Å²) in [6.07, 6.45) is 1.76. The first-order valence-corrected chi connectivity index (χ1v) is 5.19. The molecule has 0 saturated heterocycles. The molecule has 0 saturated carbocycles. The molecule has 1 rings (SSSR count). The second kappa shape index (κ2) is 4.57. The molecule has 4 nitrogen and oxygen atoms in total. The molecule has 0 spiro atoms. The molecule has 1 aromatic heterocycles. The Labute approximate surface area is 91.3 Å². The fraction of sp³-hybridized carbons (Fsp3) is 0.636. The first-order valence-electron chi connectivity index (χ1n) is 5.19. The van der Waals surface area contributed by atoms with E-state index in [-0.39, 0.29) is 5.41 Å². The van der Waals surface area contributed by atoms with Crippen LogP contribution in [0.4, 0.5) is 5.82 Å². The molecule has 0 amide bonds. The van der Waals surface area contributed by atoms with E-state index in [1.807, 2.05) is 13.8 Å². The Hall–Kier alpha value is -1.16. The lowest BCUT2D eigenvalue weighted by Crippen LogP contribution is -2.31. The average molecular weight is 208 g/mol. The van der Waals surface area contributed by atoms with Gasteiger partial charge in [0.2, 0.25) is 0 Å². The van der Waals surface area contributed by atoms with Gasteiger partial charge in [-0.2, -0.15) is 0 Å². The van der Waals surface area contributed by atoms with E-state index >= 15 is 0 Å². The minimum Gasteiger partial charge on any atom is -0.368 e. The highest BCUT2D eigenvalue weighted by Gasteiger charge is 2.15. The maximum Gasteiger partial charge on any atom is 0.144 e. The molecule has 0 aliphatic heterocycles. The smallest absolute Gasteiger partial charge is 0.144 e. The highest BCUT2D eigenvalue weighted by atomic mass is 15.0. The normalized spacial score (nSPS) is 11.5.